The van der Waals surface area contributed by atoms with E-state index in [1.54, 1.807) is 0 Å². The average molecular weight is 217 g/mol. The van der Waals surface area contributed by atoms with E-state index >= 15 is 0 Å². The maximum absolute atomic E-state index is 12.9. The van der Waals surface area contributed by atoms with Crippen molar-refractivity contribution in [2.24, 2.45) is 0 Å². The van der Waals surface area contributed by atoms with Gasteiger partial charge in [0.05, 0.1) is 17.2 Å². The van der Waals surface area contributed by atoms with Gasteiger partial charge in [0.2, 0.25) is 0 Å². The zero-order valence-electron chi connectivity index (χ0n) is 7.10. The molecule has 0 unspecified atom stereocenters. The van der Waals surface area contributed by atoms with Gasteiger partial charge in [0.15, 0.2) is 0 Å². The second-order valence-corrected chi connectivity index (χ2v) is 2.63. The number of rotatable bonds is 1. The van der Waals surface area contributed by atoms with Crippen LogP contribution >= 0.6 is 0 Å². The Labute approximate surface area is 81.7 Å². The summed E-state index contributed by atoms with van der Waals surface area (Å²) in [6, 6.07) is 3.73. The number of halogens is 4. The second-order valence-electron chi connectivity index (χ2n) is 2.63. The average Bonchev–Trinajstić information content (AvgIpc) is 2.16. The molecule has 1 aromatic rings. The Hall–Kier alpha value is -1.90. The third kappa shape index (κ3) is 2.31. The molecule has 0 radical (unpaired) electrons. The van der Waals surface area contributed by atoms with E-state index < -0.39 is 23.3 Å². The lowest BCUT2D eigenvalue weighted by Crippen LogP contribution is -2.23. The highest BCUT2D eigenvalue weighted by atomic mass is 19.4. The van der Waals surface area contributed by atoms with Crippen LogP contribution in [0.2, 0.25) is 0 Å². The van der Waals surface area contributed by atoms with Crippen LogP contribution in [0.1, 0.15) is 15.9 Å². The van der Waals surface area contributed by atoms with Crippen LogP contribution in [0.3, 0.4) is 0 Å². The highest BCUT2D eigenvalue weighted by Crippen LogP contribution is 2.23. The Balaban J connectivity index is 3.26. The number of hydrogen-bond donors (Lipinski definition) is 0. The van der Waals surface area contributed by atoms with Gasteiger partial charge in [-0.3, -0.25) is 4.79 Å². The molecule has 0 aliphatic heterocycles. The molecule has 15 heavy (non-hydrogen) atoms. The van der Waals surface area contributed by atoms with Crippen LogP contribution in [0, 0.1) is 17.1 Å². The third-order valence-corrected chi connectivity index (χ3v) is 1.60. The van der Waals surface area contributed by atoms with Crippen molar-refractivity contribution < 1.29 is 22.4 Å². The molecule has 6 heteroatoms. The molecule has 0 atom stereocenters. The SMILES string of the molecule is N#Cc1ccc(F)c(C(=O)C(F)(F)F)c1. The van der Waals surface area contributed by atoms with Crippen molar-refractivity contribution in [2.45, 2.75) is 6.18 Å². The maximum atomic E-state index is 12.9. The van der Waals surface area contributed by atoms with Crippen LogP contribution in [0.15, 0.2) is 18.2 Å². The van der Waals surface area contributed by atoms with Gasteiger partial charge in [0, 0.05) is 0 Å². The zero-order valence-corrected chi connectivity index (χ0v) is 7.10. The molecule has 78 valence electrons. The van der Waals surface area contributed by atoms with Gasteiger partial charge in [-0.1, -0.05) is 0 Å². The molecule has 0 aromatic heterocycles. The third-order valence-electron chi connectivity index (χ3n) is 1.60. The molecule has 0 heterocycles. The first-order valence-electron chi connectivity index (χ1n) is 3.67. The lowest BCUT2D eigenvalue weighted by atomic mass is 10.1. The number of benzene rings is 1. The summed E-state index contributed by atoms with van der Waals surface area (Å²) in [6.07, 6.45) is -5.14. The van der Waals surface area contributed by atoms with E-state index in [4.69, 9.17) is 5.26 Å². The van der Waals surface area contributed by atoms with Gasteiger partial charge < -0.3 is 0 Å². The fraction of sp³-hybridized carbons (Fsp3) is 0.111. The smallest absolute Gasteiger partial charge is 0.284 e. The van der Waals surface area contributed by atoms with Crippen molar-refractivity contribution >= 4 is 5.78 Å². The minimum Gasteiger partial charge on any atom is -0.284 e. The Kier molecular flexibility index (Phi) is 2.75. The summed E-state index contributed by atoms with van der Waals surface area (Å²) >= 11 is 0. The predicted octanol–water partition coefficient (Wildman–Crippen LogP) is 2.44. The molecule has 0 saturated heterocycles. The summed E-state index contributed by atoms with van der Waals surface area (Å²) in [7, 11) is 0. The first-order valence-corrected chi connectivity index (χ1v) is 3.67. The molecule has 0 aliphatic carbocycles. The van der Waals surface area contributed by atoms with E-state index in [-0.39, 0.29) is 5.56 Å². The molecule has 1 rings (SSSR count). The highest BCUT2D eigenvalue weighted by Gasteiger charge is 2.40. The van der Waals surface area contributed by atoms with E-state index in [1.165, 1.54) is 6.07 Å². The van der Waals surface area contributed by atoms with Gasteiger partial charge in [0.1, 0.15) is 5.82 Å². The number of carbonyl (C=O) groups is 1. The van der Waals surface area contributed by atoms with E-state index in [0.29, 0.717) is 12.1 Å². The van der Waals surface area contributed by atoms with Crippen LogP contribution in [-0.2, 0) is 0 Å². The van der Waals surface area contributed by atoms with Crippen molar-refractivity contribution in [1.82, 2.24) is 0 Å². The maximum Gasteiger partial charge on any atom is 0.454 e. The van der Waals surface area contributed by atoms with Crippen LogP contribution in [-0.4, -0.2) is 12.0 Å². The Morgan fingerprint density at radius 1 is 1.33 bits per heavy atom. The molecule has 0 aliphatic rings. The van der Waals surface area contributed by atoms with E-state index in [0.717, 1.165) is 6.07 Å². The first-order chi connectivity index (χ1) is 6.86. The summed E-state index contributed by atoms with van der Waals surface area (Å²) in [5.74, 6) is -3.59. The van der Waals surface area contributed by atoms with Gasteiger partial charge in [-0.25, -0.2) is 4.39 Å². The van der Waals surface area contributed by atoms with Crippen LogP contribution in [0.25, 0.3) is 0 Å². The monoisotopic (exact) mass is 217 g/mol. The highest BCUT2D eigenvalue weighted by molar-refractivity contribution is 6.00. The Morgan fingerprint density at radius 3 is 2.40 bits per heavy atom. The number of alkyl halides is 3. The quantitative estimate of drug-likeness (QED) is 0.535. The van der Waals surface area contributed by atoms with Crippen molar-refractivity contribution in [3.63, 3.8) is 0 Å². The molecule has 2 nitrogen and oxygen atoms in total. The van der Waals surface area contributed by atoms with Gasteiger partial charge >= 0.3 is 6.18 Å². The molecule has 0 spiro atoms. The van der Waals surface area contributed by atoms with Gasteiger partial charge in [-0.2, -0.15) is 18.4 Å². The molecular weight excluding hydrogens is 214 g/mol. The van der Waals surface area contributed by atoms with Gasteiger partial charge in [-0.05, 0) is 18.2 Å². The van der Waals surface area contributed by atoms with Crippen molar-refractivity contribution in [1.29, 1.82) is 5.26 Å². The standard InChI is InChI=1S/C9H3F4NO/c10-7-2-1-5(4-14)3-6(7)8(15)9(11,12)13/h1-3H. The Bertz CT molecular complexity index is 444. The predicted molar refractivity (Wildman–Crippen MR) is 41.5 cm³/mol. The molecule has 0 fully saturated rings. The number of hydrogen-bond acceptors (Lipinski definition) is 2. The van der Waals surface area contributed by atoms with Gasteiger partial charge in [0.25, 0.3) is 5.78 Å². The summed E-state index contributed by atoms with van der Waals surface area (Å²) in [4.78, 5) is 10.7. The van der Waals surface area contributed by atoms with Crippen molar-refractivity contribution in [2.75, 3.05) is 0 Å². The first kappa shape index (κ1) is 11.2. The summed E-state index contributed by atoms with van der Waals surface area (Å²) in [5, 5.41) is 8.37. The largest absolute Gasteiger partial charge is 0.454 e. The second kappa shape index (κ2) is 3.69. The molecule has 0 N–H and O–H groups in total. The minimum atomic E-state index is -5.14. The zero-order chi connectivity index (χ0) is 11.6. The van der Waals surface area contributed by atoms with E-state index in [1.807, 2.05) is 0 Å². The van der Waals surface area contributed by atoms with E-state index in [2.05, 4.69) is 0 Å². The van der Waals surface area contributed by atoms with Crippen molar-refractivity contribution in [3.05, 3.63) is 35.1 Å². The van der Waals surface area contributed by atoms with E-state index in [9.17, 15) is 22.4 Å². The lowest BCUT2D eigenvalue weighted by Gasteiger charge is -2.05. The van der Waals surface area contributed by atoms with Crippen LogP contribution < -0.4 is 0 Å². The van der Waals surface area contributed by atoms with Gasteiger partial charge in [-0.15, -0.1) is 0 Å². The summed E-state index contributed by atoms with van der Waals surface area (Å²) < 4.78 is 48.7. The molecule has 1 aromatic carbocycles. The van der Waals surface area contributed by atoms with Crippen molar-refractivity contribution in [3.8, 4) is 6.07 Å². The number of ketones is 1. The lowest BCUT2D eigenvalue weighted by molar-refractivity contribution is -0.0887. The number of nitriles is 1. The number of Topliss-reactive ketones (excluding diaryl/α,β-unsaturated/α-hetero) is 1. The fourth-order valence-corrected chi connectivity index (χ4v) is 0.922. The number of carbonyl (C=O) groups excluding carboxylic acids is 1. The normalized spacial score (nSPS) is 10.9. The molecule has 0 bridgehead atoms. The molecular formula is C9H3F4NO. The Morgan fingerprint density at radius 2 is 1.93 bits per heavy atom. The molecule has 0 amide bonds. The number of nitrogens with zero attached hydrogens (tertiary/aromatic N) is 1. The van der Waals surface area contributed by atoms with Crippen LogP contribution in [0.5, 0.6) is 0 Å². The minimum absolute atomic E-state index is 0.205. The topological polar surface area (TPSA) is 40.9 Å². The summed E-state index contributed by atoms with van der Waals surface area (Å²) in [5.41, 5.74) is -1.34. The molecule has 0 saturated carbocycles. The fourth-order valence-electron chi connectivity index (χ4n) is 0.922. The summed E-state index contributed by atoms with van der Waals surface area (Å²) in [6.45, 7) is 0. The van der Waals surface area contributed by atoms with Crippen LogP contribution in [0.4, 0.5) is 17.6 Å².